The Morgan fingerprint density at radius 1 is 1.00 bits per heavy atom. The van der Waals surface area contributed by atoms with Gasteiger partial charge in [0.25, 0.3) is 11.8 Å². The van der Waals surface area contributed by atoms with Crippen LogP contribution in [0.25, 0.3) is 0 Å². The van der Waals surface area contributed by atoms with Crippen molar-refractivity contribution in [2.24, 2.45) is 28.7 Å². The van der Waals surface area contributed by atoms with Gasteiger partial charge in [0.1, 0.15) is 12.3 Å². The molecule has 1 fully saturated rings. The summed E-state index contributed by atoms with van der Waals surface area (Å²) < 4.78 is 0. The summed E-state index contributed by atoms with van der Waals surface area (Å²) in [5.74, 6) is -4.48. The van der Waals surface area contributed by atoms with Crippen molar-refractivity contribution in [3.8, 4) is 0 Å². The lowest BCUT2D eigenvalue weighted by molar-refractivity contribution is -0.196. The zero-order chi connectivity index (χ0) is 31.4. The molecule has 2 N–H and O–H groups in total. The Hall–Kier alpha value is -3.70. The number of nitrogens with one attached hydrogen (secondary N) is 2. The number of hydrogen-bond acceptors (Lipinski definition) is 9. The number of hydrogen-bond donors (Lipinski definition) is 2. The third-order valence-electron chi connectivity index (χ3n) is 7.51. The maximum absolute atomic E-state index is 13.4. The molecule has 2 aliphatic heterocycles. The minimum absolute atomic E-state index is 0.0288. The fraction of sp³-hybridized carbons (Fsp3) is 0.667. The number of ketones is 2. The highest BCUT2D eigenvalue weighted by Crippen LogP contribution is 2.25. The number of rotatable bonds is 18. The Labute approximate surface area is 247 Å². The first-order chi connectivity index (χ1) is 19.8. The largest absolute Gasteiger partial charge is 0.352 e. The molecule has 0 aromatic rings. The lowest BCUT2D eigenvalue weighted by Crippen LogP contribution is -2.46. The molecule has 0 aromatic carbocycles. The Bertz CT molecular complexity index is 1100. The number of Topliss-reactive ketones (excluding diaryl/α,β-unsaturated/α-hetero) is 2. The van der Waals surface area contributed by atoms with Crippen molar-refractivity contribution in [2.75, 3.05) is 6.54 Å². The van der Waals surface area contributed by atoms with Gasteiger partial charge in [-0.05, 0) is 24.7 Å². The van der Waals surface area contributed by atoms with Gasteiger partial charge < -0.3 is 15.5 Å². The number of nitrogens with zero attached hydrogens (tertiary/aromatic N) is 2. The molecule has 2 aliphatic rings. The first-order valence-electron chi connectivity index (χ1n) is 14.7. The summed E-state index contributed by atoms with van der Waals surface area (Å²) in [4.78, 5) is 95.8. The molecule has 42 heavy (non-hydrogen) atoms. The van der Waals surface area contributed by atoms with E-state index in [0.717, 1.165) is 12.1 Å². The number of allylic oxidation sites excluding steroid dienone is 2. The van der Waals surface area contributed by atoms with Crippen LogP contribution in [0.3, 0.4) is 0 Å². The van der Waals surface area contributed by atoms with E-state index < -0.39 is 42.2 Å². The van der Waals surface area contributed by atoms with E-state index in [9.17, 15) is 33.6 Å². The minimum atomic E-state index is -0.990. The first kappa shape index (κ1) is 34.5. The Balaban J connectivity index is 1.92. The molecule has 0 radical (unpaired) electrons. The molecular weight excluding hydrogens is 544 g/mol. The predicted octanol–water partition coefficient (Wildman–Crippen LogP) is 2.60. The van der Waals surface area contributed by atoms with Gasteiger partial charge in [0.2, 0.25) is 11.8 Å². The van der Waals surface area contributed by atoms with Crippen LogP contribution in [0, 0.1) is 23.7 Å². The molecule has 2 heterocycles. The van der Waals surface area contributed by atoms with Crippen molar-refractivity contribution < 1.29 is 38.4 Å². The molecular formula is C30H44N4O8. The van der Waals surface area contributed by atoms with Crippen LogP contribution >= 0.6 is 0 Å². The quantitative estimate of drug-likeness (QED) is 0.230. The number of imide groups is 1. The zero-order valence-corrected chi connectivity index (χ0v) is 25.3. The van der Waals surface area contributed by atoms with Crippen molar-refractivity contribution >= 4 is 47.4 Å². The number of aliphatic imine (C=N–C) groups is 1. The van der Waals surface area contributed by atoms with E-state index in [4.69, 9.17) is 4.84 Å². The van der Waals surface area contributed by atoms with Crippen molar-refractivity contribution in [1.29, 1.82) is 0 Å². The van der Waals surface area contributed by atoms with Gasteiger partial charge in [0.05, 0.1) is 6.04 Å². The Morgan fingerprint density at radius 3 is 2.24 bits per heavy atom. The fourth-order valence-electron chi connectivity index (χ4n) is 4.71. The maximum atomic E-state index is 13.4. The standard InChI is InChI=1S/C30H44N4O8/c1-6-19(4)22(16-25(36)20(5)15-21-8-7-13-31-21)30(41)33-23(14-18(2)3)24(35)9-10-26(37)32-17-29(40)42-34-27(38)11-12-28(34)39/h8,13,18-20,22-23H,6-7,9-12,14-17H2,1-5H3,(H,32,37)(H,33,41)/t19?,20-,22-,23-/m0/s1. The SMILES string of the molecule is CCC(C)[C@H](CC(=O)[C@@H](C)CC1=CCC=N1)C(=O)N[C@@H](CC(C)C)C(=O)CCC(=O)NCC(=O)ON1C(=O)CCC1=O. The van der Waals surface area contributed by atoms with Crippen molar-refractivity contribution in [1.82, 2.24) is 15.7 Å². The highest BCUT2D eigenvalue weighted by molar-refractivity contribution is 6.01. The molecule has 4 amide bonds. The predicted molar refractivity (Wildman–Crippen MR) is 153 cm³/mol. The minimum Gasteiger partial charge on any atom is -0.346 e. The molecule has 1 unspecified atom stereocenters. The lowest BCUT2D eigenvalue weighted by Gasteiger charge is -2.27. The van der Waals surface area contributed by atoms with Crippen molar-refractivity contribution in [3.05, 3.63) is 11.8 Å². The summed E-state index contributed by atoms with van der Waals surface area (Å²) in [6.07, 6.45) is 5.66. The van der Waals surface area contributed by atoms with Crippen molar-refractivity contribution in [2.45, 2.75) is 98.4 Å². The van der Waals surface area contributed by atoms with E-state index in [0.29, 0.717) is 24.3 Å². The van der Waals surface area contributed by atoms with Crippen LogP contribution in [-0.4, -0.2) is 65.0 Å². The molecule has 232 valence electrons. The third-order valence-corrected chi connectivity index (χ3v) is 7.51. The Morgan fingerprint density at radius 2 is 1.67 bits per heavy atom. The molecule has 0 saturated carbocycles. The van der Waals surface area contributed by atoms with E-state index >= 15 is 0 Å². The first-order valence-corrected chi connectivity index (χ1v) is 14.7. The number of amides is 4. The highest BCUT2D eigenvalue weighted by Gasteiger charge is 2.34. The normalized spacial score (nSPS) is 17.5. The molecule has 0 spiro atoms. The fourth-order valence-corrected chi connectivity index (χ4v) is 4.71. The molecule has 1 saturated heterocycles. The van der Waals surface area contributed by atoms with Crippen LogP contribution in [0.15, 0.2) is 16.8 Å². The average molecular weight is 589 g/mol. The van der Waals surface area contributed by atoms with Gasteiger partial charge in [-0.3, -0.25) is 33.8 Å². The lowest BCUT2D eigenvalue weighted by atomic mass is 9.83. The van der Waals surface area contributed by atoms with Crippen LogP contribution in [0.1, 0.15) is 92.4 Å². The van der Waals surface area contributed by atoms with Crippen LogP contribution in [0.5, 0.6) is 0 Å². The van der Waals surface area contributed by atoms with E-state index in [-0.39, 0.29) is 67.3 Å². The average Bonchev–Trinajstić information content (AvgIpc) is 3.57. The summed E-state index contributed by atoms with van der Waals surface area (Å²) in [5.41, 5.74) is 0.876. The summed E-state index contributed by atoms with van der Waals surface area (Å²) in [5, 5.41) is 5.55. The maximum Gasteiger partial charge on any atom is 0.352 e. The third kappa shape index (κ3) is 10.9. The number of hydroxylamine groups is 2. The molecule has 0 aliphatic carbocycles. The monoisotopic (exact) mass is 588 g/mol. The van der Waals surface area contributed by atoms with Crippen LogP contribution in [-0.2, 0) is 38.4 Å². The molecule has 12 nitrogen and oxygen atoms in total. The van der Waals surface area contributed by atoms with Crippen LogP contribution < -0.4 is 10.6 Å². The molecule has 0 bridgehead atoms. The van der Waals surface area contributed by atoms with E-state index in [1.807, 2.05) is 40.7 Å². The van der Waals surface area contributed by atoms with E-state index in [1.54, 1.807) is 6.21 Å². The topological polar surface area (TPSA) is 168 Å². The van der Waals surface area contributed by atoms with Gasteiger partial charge in [0.15, 0.2) is 5.78 Å². The van der Waals surface area contributed by atoms with Gasteiger partial charge in [-0.25, -0.2) is 4.79 Å². The van der Waals surface area contributed by atoms with Gasteiger partial charge in [0, 0.05) is 62.3 Å². The smallest absolute Gasteiger partial charge is 0.346 e. The summed E-state index contributed by atoms with van der Waals surface area (Å²) in [7, 11) is 0. The van der Waals surface area contributed by atoms with Crippen LogP contribution in [0.2, 0.25) is 0 Å². The number of carbonyl (C=O) groups excluding carboxylic acids is 7. The second-order valence-corrected chi connectivity index (χ2v) is 11.5. The molecule has 4 atom stereocenters. The zero-order valence-electron chi connectivity index (χ0n) is 25.3. The summed E-state index contributed by atoms with van der Waals surface area (Å²) >= 11 is 0. The van der Waals surface area contributed by atoms with Gasteiger partial charge >= 0.3 is 5.97 Å². The Kier molecular flexibility index (Phi) is 13.7. The van der Waals surface area contributed by atoms with Gasteiger partial charge in [-0.15, -0.1) is 5.06 Å². The van der Waals surface area contributed by atoms with E-state index in [1.165, 1.54) is 0 Å². The molecule has 12 heteroatoms. The second-order valence-electron chi connectivity index (χ2n) is 11.5. The summed E-state index contributed by atoms with van der Waals surface area (Å²) in [6, 6.07) is -0.834. The summed E-state index contributed by atoms with van der Waals surface area (Å²) in [6.45, 7) is 8.95. The molecule has 0 aromatic heterocycles. The van der Waals surface area contributed by atoms with Crippen LogP contribution in [0.4, 0.5) is 0 Å². The highest BCUT2D eigenvalue weighted by atomic mass is 16.7. The van der Waals surface area contributed by atoms with Gasteiger partial charge in [-0.2, -0.15) is 0 Å². The number of carbonyl (C=O) groups is 7. The van der Waals surface area contributed by atoms with E-state index in [2.05, 4.69) is 15.6 Å². The molecule has 2 rings (SSSR count). The second kappa shape index (κ2) is 16.7. The van der Waals surface area contributed by atoms with Crippen molar-refractivity contribution in [3.63, 3.8) is 0 Å². The van der Waals surface area contributed by atoms with Gasteiger partial charge in [-0.1, -0.05) is 47.1 Å².